The van der Waals surface area contributed by atoms with Gasteiger partial charge in [-0.2, -0.15) is 0 Å². The Balaban J connectivity index is 1.64. The molecule has 0 saturated carbocycles. The Kier molecular flexibility index (Phi) is 5.14. The van der Waals surface area contributed by atoms with Crippen LogP contribution in [-0.4, -0.2) is 29.7 Å². The van der Waals surface area contributed by atoms with E-state index in [1.807, 2.05) is 0 Å². The van der Waals surface area contributed by atoms with Crippen LogP contribution in [0.1, 0.15) is 23.2 Å². The molecule has 7 heteroatoms. The number of amides is 1. The molecule has 1 fully saturated rings. The number of benzene rings is 1. The van der Waals surface area contributed by atoms with Gasteiger partial charge in [0.15, 0.2) is 0 Å². The number of ether oxygens (including phenoxy) is 1. The normalized spacial score (nSPS) is 16.6. The second-order valence-electron chi connectivity index (χ2n) is 6.03. The third-order valence-corrected chi connectivity index (χ3v) is 4.14. The summed E-state index contributed by atoms with van der Waals surface area (Å²) in [4.78, 5) is 23.7. The number of hydrogen-bond donors (Lipinski definition) is 2. The highest BCUT2D eigenvalue weighted by Gasteiger charge is 2.16. The molecule has 2 aromatic rings. The number of hydrogen-bond acceptors (Lipinski definition) is 4. The molecule has 1 aliphatic rings. The van der Waals surface area contributed by atoms with Gasteiger partial charge >= 0.3 is 0 Å². The molecule has 25 heavy (non-hydrogen) atoms. The molecule has 1 aromatic heterocycles. The van der Waals surface area contributed by atoms with E-state index < -0.39 is 11.7 Å². The molecule has 1 aromatic carbocycles. The summed E-state index contributed by atoms with van der Waals surface area (Å²) in [6, 6.07) is 7.20. The first-order chi connectivity index (χ1) is 12.0. The number of aryl methyl sites for hydroxylation is 1. The molecule has 0 radical (unpaired) electrons. The van der Waals surface area contributed by atoms with Gasteiger partial charge in [-0.3, -0.25) is 9.59 Å². The summed E-state index contributed by atoms with van der Waals surface area (Å²) in [6.45, 7) is 1.30. The Bertz CT molecular complexity index is 829. The van der Waals surface area contributed by atoms with Crippen molar-refractivity contribution in [1.29, 1.82) is 0 Å². The summed E-state index contributed by atoms with van der Waals surface area (Å²) in [5, 5.41) is 5.61. The van der Waals surface area contributed by atoms with Crippen LogP contribution in [0.4, 0.5) is 15.8 Å². The predicted octanol–water partition coefficient (Wildman–Crippen LogP) is 2.37. The van der Waals surface area contributed by atoms with E-state index in [0.717, 1.165) is 19.4 Å². The van der Waals surface area contributed by atoms with Crippen LogP contribution in [0.2, 0.25) is 0 Å². The highest BCUT2D eigenvalue weighted by atomic mass is 19.1. The van der Waals surface area contributed by atoms with Gasteiger partial charge in [0.2, 0.25) is 0 Å². The maximum Gasteiger partial charge on any atom is 0.255 e. The van der Waals surface area contributed by atoms with Crippen molar-refractivity contribution in [3.63, 3.8) is 0 Å². The maximum atomic E-state index is 14.2. The minimum Gasteiger partial charge on any atom is -0.380 e. The number of pyridine rings is 1. The molecule has 1 saturated heterocycles. The van der Waals surface area contributed by atoms with E-state index in [2.05, 4.69) is 10.6 Å². The van der Waals surface area contributed by atoms with Gasteiger partial charge in [-0.05, 0) is 37.1 Å². The van der Waals surface area contributed by atoms with Gasteiger partial charge in [-0.15, -0.1) is 0 Å². The van der Waals surface area contributed by atoms with Crippen LogP contribution in [0.25, 0.3) is 0 Å². The molecule has 0 spiro atoms. The average molecular weight is 345 g/mol. The number of carbonyl (C=O) groups is 1. The fraction of sp³-hybridized carbons (Fsp3) is 0.333. The molecule has 0 unspecified atom stereocenters. The predicted molar refractivity (Wildman–Crippen MR) is 93.5 cm³/mol. The van der Waals surface area contributed by atoms with Crippen LogP contribution in [0.5, 0.6) is 0 Å². The number of aromatic nitrogens is 1. The van der Waals surface area contributed by atoms with Crippen molar-refractivity contribution in [3.8, 4) is 0 Å². The molecule has 132 valence electrons. The maximum absolute atomic E-state index is 14.2. The molecule has 1 aliphatic heterocycles. The molecule has 1 amide bonds. The highest BCUT2D eigenvalue weighted by Crippen LogP contribution is 2.21. The highest BCUT2D eigenvalue weighted by molar-refractivity contribution is 6.04. The van der Waals surface area contributed by atoms with Crippen LogP contribution in [0.15, 0.2) is 41.3 Å². The van der Waals surface area contributed by atoms with Gasteiger partial charge in [0.1, 0.15) is 5.82 Å². The first-order valence-electron chi connectivity index (χ1n) is 8.16. The van der Waals surface area contributed by atoms with Crippen molar-refractivity contribution >= 4 is 17.3 Å². The minimum atomic E-state index is -0.461. The van der Waals surface area contributed by atoms with Crippen molar-refractivity contribution in [3.05, 3.63) is 58.3 Å². The van der Waals surface area contributed by atoms with Gasteiger partial charge in [0.25, 0.3) is 11.5 Å². The number of anilines is 2. The van der Waals surface area contributed by atoms with E-state index in [-0.39, 0.29) is 17.2 Å². The third kappa shape index (κ3) is 4.24. The van der Waals surface area contributed by atoms with Crippen molar-refractivity contribution in [2.75, 3.05) is 23.8 Å². The smallest absolute Gasteiger partial charge is 0.255 e. The largest absolute Gasteiger partial charge is 0.380 e. The van der Waals surface area contributed by atoms with Gasteiger partial charge < -0.3 is 19.9 Å². The second kappa shape index (κ2) is 7.48. The third-order valence-electron chi connectivity index (χ3n) is 4.14. The SMILES string of the molecule is Cn1ccc(C(=O)Nc2ccc(NC[C@H]3CCCO3)c(F)c2)cc1=O. The van der Waals surface area contributed by atoms with Crippen LogP contribution in [0.3, 0.4) is 0 Å². The Morgan fingerprint density at radius 2 is 2.20 bits per heavy atom. The molecule has 0 bridgehead atoms. The Labute approximate surface area is 144 Å². The monoisotopic (exact) mass is 345 g/mol. The lowest BCUT2D eigenvalue weighted by molar-refractivity contribution is 0.102. The summed E-state index contributed by atoms with van der Waals surface area (Å²) in [7, 11) is 1.60. The van der Waals surface area contributed by atoms with E-state index in [4.69, 9.17) is 4.74 Å². The van der Waals surface area contributed by atoms with E-state index >= 15 is 0 Å². The summed E-state index contributed by atoms with van der Waals surface area (Å²) < 4.78 is 21.0. The molecular weight excluding hydrogens is 325 g/mol. The second-order valence-corrected chi connectivity index (χ2v) is 6.03. The Hall–Kier alpha value is -2.67. The summed E-state index contributed by atoms with van der Waals surface area (Å²) >= 11 is 0. The number of nitrogens with zero attached hydrogens (tertiary/aromatic N) is 1. The number of rotatable bonds is 5. The number of carbonyl (C=O) groups excluding carboxylic acids is 1. The lowest BCUT2D eigenvalue weighted by Crippen LogP contribution is -2.20. The van der Waals surface area contributed by atoms with Crippen LogP contribution in [-0.2, 0) is 11.8 Å². The van der Waals surface area contributed by atoms with E-state index in [9.17, 15) is 14.0 Å². The number of halogens is 1. The van der Waals surface area contributed by atoms with Crippen molar-refractivity contribution in [1.82, 2.24) is 4.57 Å². The van der Waals surface area contributed by atoms with E-state index in [1.54, 1.807) is 19.2 Å². The first-order valence-corrected chi connectivity index (χ1v) is 8.16. The molecule has 1 atom stereocenters. The van der Waals surface area contributed by atoms with Crippen LogP contribution in [0, 0.1) is 5.82 Å². The Morgan fingerprint density at radius 1 is 1.36 bits per heavy atom. The summed E-state index contributed by atoms with van der Waals surface area (Å²) in [5.41, 5.74) is 0.629. The quantitative estimate of drug-likeness (QED) is 0.873. The van der Waals surface area contributed by atoms with E-state index in [1.165, 1.54) is 29.0 Å². The molecule has 0 aliphatic carbocycles. The molecular formula is C18H20FN3O3. The summed E-state index contributed by atoms with van der Waals surface area (Å²) in [6.07, 6.45) is 3.62. The molecule has 6 nitrogen and oxygen atoms in total. The van der Waals surface area contributed by atoms with Crippen molar-refractivity contribution < 1.29 is 13.9 Å². The lowest BCUT2D eigenvalue weighted by Gasteiger charge is -2.13. The first kappa shape index (κ1) is 17.2. The molecule has 2 N–H and O–H groups in total. The zero-order valence-corrected chi connectivity index (χ0v) is 13.9. The zero-order chi connectivity index (χ0) is 17.8. The van der Waals surface area contributed by atoms with Crippen LogP contribution < -0.4 is 16.2 Å². The van der Waals surface area contributed by atoms with Crippen molar-refractivity contribution in [2.24, 2.45) is 7.05 Å². The topological polar surface area (TPSA) is 72.4 Å². The fourth-order valence-electron chi connectivity index (χ4n) is 2.66. The zero-order valence-electron chi connectivity index (χ0n) is 13.9. The minimum absolute atomic E-state index is 0.111. The van der Waals surface area contributed by atoms with Gasteiger partial charge in [0, 0.05) is 43.7 Å². The lowest BCUT2D eigenvalue weighted by atomic mass is 10.2. The molecule has 2 heterocycles. The summed E-state index contributed by atoms with van der Waals surface area (Å²) in [5.74, 6) is -0.920. The van der Waals surface area contributed by atoms with E-state index in [0.29, 0.717) is 17.9 Å². The van der Waals surface area contributed by atoms with Gasteiger partial charge in [0.05, 0.1) is 11.8 Å². The van der Waals surface area contributed by atoms with Crippen LogP contribution >= 0.6 is 0 Å². The van der Waals surface area contributed by atoms with Gasteiger partial charge in [-0.25, -0.2) is 4.39 Å². The number of nitrogens with one attached hydrogen (secondary N) is 2. The average Bonchev–Trinajstić information content (AvgIpc) is 3.10. The standard InChI is InChI=1S/C18H20FN3O3/c1-22-7-6-12(9-17(22)23)18(24)21-13-4-5-16(15(19)10-13)20-11-14-3-2-8-25-14/h4-7,9-10,14,20H,2-3,8,11H2,1H3,(H,21,24)/t14-/m1/s1. The fourth-order valence-corrected chi connectivity index (χ4v) is 2.66. The van der Waals surface area contributed by atoms with Gasteiger partial charge in [-0.1, -0.05) is 0 Å². The van der Waals surface area contributed by atoms with Crippen molar-refractivity contribution in [2.45, 2.75) is 18.9 Å². The Morgan fingerprint density at radius 3 is 2.88 bits per heavy atom. The molecule has 3 rings (SSSR count).